The molecule has 0 amide bonds. The first-order chi connectivity index (χ1) is 11.2. The highest BCUT2D eigenvalue weighted by Gasteiger charge is 2.10. The molecule has 0 radical (unpaired) electrons. The Kier molecular flexibility index (Phi) is 5.52. The number of anilines is 1. The summed E-state index contributed by atoms with van der Waals surface area (Å²) in [7, 11) is 2.13. The molecule has 2 aromatic rings. The van der Waals surface area contributed by atoms with Crippen LogP contribution in [0.25, 0.3) is 0 Å². The van der Waals surface area contributed by atoms with Gasteiger partial charge in [-0.1, -0.05) is 29.8 Å². The van der Waals surface area contributed by atoms with Crippen molar-refractivity contribution in [2.75, 3.05) is 25.0 Å². The highest BCUT2D eigenvalue weighted by molar-refractivity contribution is 6.29. The van der Waals surface area contributed by atoms with Gasteiger partial charge in [0, 0.05) is 38.1 Å². The van der Waals surface area contributed by atoms with Crippen molar-refractivity contribution < 1.29 is 0 Å². The molecular weight excluding hydrogens is 306 g/mol. The van der Waals surface area contributed by atoms with Gasteiger partial charge in [0.25, 0.3) is 0 Å². The summed E-state index contributed by atoms with van der Waals surface area (Å²) >= 11 is 5.83. The lowest BCUT2D eigenvalue weighted by Crippen LogP contribution is -2.29. The number of aromatic nitrogens is 1. The van der Waals surface area contributed by atoms with Crippen LogP contribution in [0, 0.1) is 0 Å². The van der Waals surface area contributed by atoms with Crippen LogP contribution in [-0.4, -0.2) is 30.0 Å². The van der Waals surface area contributed by atoms with Crippen LogP contribution < -0.4 is 4.90 Å². The van der Waals surface area contributed by atoms with Crippen LogP contribution in [0.15, 0.2) is 42.6 Å². The highest BCUT2D eigenvalue weighted by Crippen LogP contribution is 2.20. The number of pyridine rings is 1. The number of piperidine rings is 1. The maximum Gasteiger partial charge on any atom is 0.129 e. The minimum atomic E-state index is 0.546. The predicted molar refractivity (Wildman–Crippen MR) is 96.9 cm³/mol. The second kappa shape index (κ2) is 7.80. The van der Waals surface area contributed by atoms with E-state index in [4.69, 9.17) is 11.6 Å². The third-order valence-corrected chi connectivity index (χ3v) is 4.57. The molecular formula is C19H24ClN3. The molecule has 0 saturated carbocycles. The van der Waals surface area contributed by atoms with Crippen LogP contribution in [0.1, 0.15) is 30.4 Å². The molecule has 1 fully saturated rings. The molecule has 1 saturated heterocycles. The Morgan fingerprint density at radius 2 is 1.61 bits per heavy atom. The predicted octanol–water partition coefficient (Wildman–Crippen LogP) is 4.36. The van der Waals surface area contributed by atoms with Crippen molar-refractivity contribution in [2.24, 2.45) is 0 Å². The van der Waals surface area contributed by atoms with Gasteiger partial charge in [-0.2, -0.15) is 0 Å². The summed E-state index contributed by atoms with van der Waals surface area (Å²) in [6, 6.07) is 12.9. The number of rotatable bonds is 5. The average molecular weight is 330 g/mol. The van der Waals surface area contributed by atoms with Gasteiger partial charge in [0.1, 0.15) is 5.15 Å². The summed E-state index contributed by atoms with van der Waals surface area (Å²) in [6.07, 6.45) is 5.86. The Labute approximate surface area is 143 Å². The highest BCUT2D eigenvalue weighted by atomic mass is 35.5. The average Bonchev–Trinajstić information content (AvgIpc) is 2.58. The summed E-state index contributed by atoms with van der Waals surface area (Å²) in [5, 5.41) is 0.546. The van der Waals surface area contributed by atoms with E-state index in [1.54, 1.807) is 0 Å². The molecule has 4 heteroatoms. The number of hydrogen-bond donors (Lipinski definition) is 0. The summed E-state index contributed by atoms with van der Waals surface area (Å²) in [6.45, 7) is 4.20. The Morgan fingerprint density at radius 3 is 2.26 bits per heavy atom. The van der Waals surface area contributed by atoms with Gasteiger partial charge < -0.3 is 4.90 Å². The Morgan fingerprint density at radius 1 is 0.957 bits per heavy atom. The lowest BCUT2D eigenvalue weighted by atomic mass is 10.1. The Bertz CT molecular complexity index is 604. The molecule has 1 aromatic heterocycles. The Hall–Kier alpha value is -1.58. The van der Waals surface area contributed by atoms with E-state index in [2.05, 4.69) is 46.1 Å². The number of halogens is 1. The van der Waals surface area contributed by atoms with Crippen LogP contribution >= 0.6 is 11.6 Å². The third-order valence-electron chi connectivity index (χ3n) is 4.35. The quantitative estimate of drug-likeness (QED) is 0.760. The van der Waals surface area contributed by atoms with E-state index in [-0.39, 0.29) is 0 Å². The molecule has 0 N–H and O–H groups in total. The van der Waals surface area contributed by atoms with Crippen molar-refractivity contribution in [3.8, 4) is 0 Å². The molecule has 0 aliphatic carbocycles. The maximum atomic E-state index is 5.83. The fourth-order valence-electron chi connectivity index (χ4n) is 3.14. The summed E-state index contributed by atoms with van der Waals surface area (Å²) in [5.41, 5.74) is 3.88. The van der Waals surface area contributed by atoms with Gasteiger partial charge >= 0.3 is 0 Å². The van der Waals surface area contributed by atoms with Gasteiger partial charge in [-0.3, -0.25) is 4.90 Å². The SMILES string of the molecule is CN(Cc1ccc(N2CCCCC2)cc1)Cc1ccc(Cl)nc1. The first kappa shape index (κ1) is 16.3. The van der Waals surface area contributed by atoms with E-state index in [1.807, 2.05) is 18.3 Å². The lowest BCUT2D eigenvalue weighted by Gasteiger charge is -2.29. The van der Waals surface area contributed by atoms with Crippen molar-refractivity contribution in [3.05, 3.63) is 58.9 Å². The van der Waals surface area contributed by atoms with Crippen LogP contribution in [0.5, 0.6) is 0 Å². The molecule has 2 heterocycles. The van der Waals surface area contributed by atoms with E-state index in [0.29, 0.717) is 5.15 Å². The molecule has 0 atom stereocenters. The smallest absolute Gasteiger partial charge is 0.129 e. The first-order valence-electron chi connectivity index (χ1n) is 8.33. The second-order valence-corrected chi connectivity index (χ2v) is 6.76. The molecule has 0 spiro atoms. The normalized spacial score (nSPS) is 15.2. The van der Waals surface area contributed by atoms with Crippen molar-refractivity contribution in [1.82, 2.24) is 9.88 Å². The maximum absolute atomic E-state index is 5.83. The van der Waals surface area contributed by atoms with Gasteiger partial charge in [-0.05, 0) is 55.6 Å². The molecule has 1 aromatic carbocycles. The standard InChI is InChI=1S/C19H24ClN3/c1-22(15-17-7-10-19(20)21-13-17)14-16-5-8-18(9-6-16)23-11-3-2-4-12-23/h5-10,13H,2-4,11-12,14-15H2,1H3. The van der Waals surface area contributed by atoms with Gasteiger partial charge in [-0.25, -0.2) is 4.98 Å². The summed E-state index contributed by atoms with van der Waals surface area (Å²) < 4.78 is 0. The van der Waals surface area contributed by atoms with E-state index >= 15 is 0 Å². The van der Waals surface area contributed by atoms with E-state index in [9.17, 15) is 0 Å². The van der Waals surface area contributed by atoms with Crippen LogP contribution in [0.3, 0.4) is 0 Å². The summed E-state index contributed by atoms with van der Waals surface area (Å²) in [5.74, 6) is 0. The third kappa shape index (κ3) is 4.69. The van der Waals surface area contributed by atoms with E-state index < -0.39 is 0 Å². The second-order valence-electron chi connectivity index (χ2n) is 6.38. The van der Waals surface area contributed by atoms with Crippen LogP contribution in [-0.2, 0) is 13.1 Å². The molecule has 1 aliphatic heterocycles. The van der Waals surface area contributed by atoms with Gasteiger partial charge in [-0.15, -0.1) is 0 Å². The number of hydrogen-bond acceptors (Lipinski definition) is 3. The van der Waals surface area contributed by atoms with Gasteiger partial charge in [0.15, 0.2) is 0 Å². The largest absolute Gasteiger partial charge is 0.372 e. The van der Waals surface area contributed by atoms with Crippen molar-refractivity contribution in [1.29, 1.82) is 0 Å². The number of nitrogens with zero attached hydrogens (tertiary/aromatic N) is 3. The fourth-order valence-corrected chi connectivity index (χ4v) is 3.26. The van der Waals surface area contributed by atoms with Crippen LogP contribution in [0.4, 0.5) is 5.69 Å². The first-order valence-corrected chi connectivity index (χ1v) is 8.71. The molecule has 122 valence electrons. The zero-order chi connectivity index (χ0) is 16.1. The number of benzene rings is 1. The van der Waals surface area contributed by atoms with Crippen molar-refractivity contribution in [2.45, 2.75) is 32.4 Å². The van der Waals surface area contributed by atoms with E-state index in [1.165, 1.54) is 49.2 Å². The Balaban J connectivity index is 1.55. The zero-order valence-corrected chi connectivity index (χ0v) is 14.5. The van der Waals surface area contributed by atoms with E-state index in [0.717, 1.165) is 13.1 Å². The molecule has 0 bridgehead atoms. The molecule has 3 nitrogen and oxygen atoms in total. The molecule has 3 rings (SSSR count). The lowest BCUT2D eigenvalue weighted by molar-refractivity contribution is 0.318. The monoisotopic (exact) mass is 329 g/mol. The minimum Gasteiger partial charge on any atom is -0.372 e. The van der Waals surface area contributed by atoms with Crippen molar-refractivity contribution in [3.63, 3.8) is 0 Å². The molecule has 23 heavy (non-hydrogen) atoms. The van der Waals surface area contributed by atoms with Crippen LogP contribution in [0.2, 0.25) is 5.15 Å². The minimum absolute atomic E-state index is 0.546. The molecule has 0 unspecified atom stereocenters. The van der Waals surface area contributed by atoms with Gasteiger partial charge in [0.2, 0.25) is 0 Å². The summed E-state index contributed by atoms with van der Waals surface area (Å²) in [4.78, 5) is 8.92. The topological polar surface area (TPSA) is 19.4 Å². The zero-order valence-electron chi connectivity index (χ0n) is 13.7. The van der Waals surface area contributed by atoms with Crippen molar-refractivity contribution >= 4 is 17.3 Å². The fraction of sp³-hybridized carbons (Fsp3) is 0.421. The molecule has 1 aliphatic rings. The van der Waals surface area contributed by atoms with Gasteiger partial charge in [0.05, 0.1) is 0 Å².